The number of carboxylic acid groups (broad SMARTS) is 1. The minimum absolute atomic E-state index is 0.261. The number of carbonyl (C=O) groups excluding carboxylic acids is 2. The van der Waals surface area contributed by atoms with Crippen LogP contribution >= 0.6 is 0 Å². The fourth-order valence-corrected chi connectivity index (χ4v) is 0.721. The highest BCUT2D eigenvalue weighted by Crippen LogP contribution is 2.01. The molecular formula is C8H13O5-. The summed E-state index contributed by atoms with van der Waals surface area (Å²) >= 11 is 0. The summed E-state index contributed by atoms with van der Waals surface area (Å²) in [5.74, 6) is -2.02. The lowest BCUT2D eigenvalue weighted by Crippen LogP contribution is -2.24. The molecule has 76 valence electrons. The molecule has 1 atom stereocenters. The van der Waals surface area contributed by atoms with E-state index in [1.807, 2.05) is 6.92 Å². The van der Waals surface area contributed by atoms with Crippen molar-refractivity contribution >= 4 is 11.9 Å². The molecule has 0 fully saturated rings. The molecule has 5 nitrogen and oxygen atoms in total. The number of carbonyl (C=O) groups is 2. The van der Waals surface area contributed by atoms with Gasteiger partial charge in [0.05, 0.1) is 6.42 Å². The first-order valence-electron chi connectivity index (χ1n) is 4.13. The lowest BCUT2D eigenvalue weighted by molar-refractivity contribution is -0.305. The van der Waals surface area contributed by atoms with Crippen molar-refractivity contribution < 1.29 is 24.5 Å². The smallest absolute Gasteiger partial charge is 0.308 e. The summed E-state index contributed by atoms with van der Waals surface area (Å²) in [6.45, 7) is 1.83. The van der Waals surface area contributed by atoms with Crippen molar-refractivity contribution in [3.63, 3.8) is 0 Å². The molecule has 0 aliphatic carbocycles. The maximum atomic E-state index is 10.8. The number of aliphatic hydroxyl groups excluding tert-OH is 1. The van der Waals surface area contributed by atoms with E-state index in [0.29, 0.717) is 12.8 Å². The van der Waals surface area contributed by atoms with Crippen molar-refractivity contribution in [2.24, 2.45) is 0 Å². The van der Waals surface area contributed by atoms with Crippen molar-refractivity contribution in [3.8, 4) is 0 Å². The number of rotatable bonds is 6. The predicted octanol–water partition coefficient (Wildman–Crippen LogP) is -0.822. The summed E-state index contributed by atoms with van der Waals surface area (Å²) in [7, 11) is 0. The topological polar surface area (TPSA) is 86.7 Å². The molecule has 0 aromatic heterocycles. The Balaban J connectivity index is 3.55. The first kappa shape index (κ1) is 11.9. The van der Waals surface area contributed by atoms with Crippen LogP contribution in [0.1, 0.15) is 32.6 Å². The van der Waals surface area contributed by atoms with E-state index in [2.05, 4.69) is 4.74 Å². The quantitative estimate of drug-likeness (QED) is 0.435. The highest BCUT2D eigenvalue weighted by Gasteiger charge is 2.09. The standard InChI is InChI=1S/C8H14O5/c1-2-3-7(11)13-8(12)5-4-6(9)10/h7,11H,2-5H2,1H3,(H,9,10)/p-1. The van der Waals surface area contributed by atoms with Gasteiger partial charge in [0, 0.05) is 12.4 Å². The van der Waals surface area contributed by atoms with Gasteiger partial charge in [0.25, 0.3) is 0 Å². The summed E-state index contributed by atoms with van der Waals surface area (Å²) in [4.78, 5) is 20.7. The highest BCUT2D eigenvalue weighted by molar-refractivity contribution is 5.75. The van der Waals surface area contributed by atoms with Crippen molar-refractivity contribution in [1.82, 2.24) is 0 Å². The number of aliphatic hydroxyl groups is 1. The van der Waals surface area contributed by atoms with E-state index in [-0.39, 0.29) is 12.8 Å². The highest BCUT2D eigenvalue weighted by atomic mass is 16.6. The SMILES string of the molecule is CCCC(O)OC(=O)CCC(=O)[O-]. The normalized spacial score (nSPS) is 12.2. The monoisotopic (exact) mass is 189 g/mol. The molecule has 0 aromatic carbocycles. The second kappa shape index (κ2) is 6.42. The number of carboxylic acids is 1. The lowest BCUT2D eigenvalue weighted by Gasteiger charge is -2.10. The van der Waals surface area contributed by atoms with Crippen LogP contribution in [0.2, 0.25) is 0 Å². The fourth-order valence-electron chi connectivity index (χ4n) is 0.721. The third-order valence-corrected chi connectivity index (χ3v) is 1.34. The number of ether oxygens (including phenoxy) is 1. The second-order valence-electron chi connectivity index (χ2n) is 2.61. The van der Waals surface area contributed by atoms with Crippen molar-refractivity contribution in [3.05, 3.63) is 0 Å². The van der Waals surface area contributed by atoms with Gasteiger partial charge in [0.1, 0.15) is 0 Å². The van der Waals surface area contributed by atoms with Crippen LogP contribution in [-0.4, -0.2) is 23.3 Å². The molecule has 0 spiro atoms. The van der Waals surface area contributed by atoms with Crippen LogP contribution in [0.25, 0.3) is 0 Å². The van der Waals surface area contributed by atoms with Gasteiger partial charge in [-0.05, 0) is 6.42 Å². The molecule has 5 heteroatoms. The Morgan fingerprint density at radius 3 is 2.54 bits per heavy atom. The number of hydrogen-bond donors (Lipinski definition) is 1. The van der Waals surface area contributed by atoms with Crippen LogP contribution in [0.5, 0.6) is 0 Å². The van der Waals surface area contributed by atoms with Gasteiger partial charge in [-0.15, -0.1) is 0 Å². The van der Waals surface area contributed by atoms with Crippen molar-refractivity contribution in [1.29, 1.82) is 0 Å². The summed E-state index contributed by atoms with van der Waals surface area (Å²) in [5.41, 5.74) is 0. The molecule has 0 bridgehead atoms. The summed E-state index contributed by atoms with van der Waals surface area (Å²) < 4.78 is 4.47. The van der Waals surface area contributed by atoms with Gasteiger partial charge in [-0.25, -0.2) is 0 Å². The van der Waals surface area contributed by atoms with E-state index in [9.17, 15) is 14.7 Å². The predicted molar refractivity (Wildman–Crippen MR) is 41.2 cm³/mol. The Kier molecular flexibility index (Phi) is 5.88. The molecule has 0 rings (SSSR count). The number of hydrogen-bond acceptors (Lipinski definition) is 5. The zero-order valence-corrected chi connectivity index (χ0v) is 7.49. The van der Waals surface area contributed by atoms with Gasteiger partial charge in [-0.3, -0.25) is 4.79 Å². The van der Waals surface area contributed by atoms with Crippen LogP contribution in [0.15, 0.2) is 0 Å². The molecule has 0 saturated heterocycles. The van der Waals surface area contributed by atoms with E-state index in [1.54, 1.807) is 0 Å². The van der Waals surface area contributed by atoms with E-state index in [4.69, 9.17) is 5.11 Å². The summed E-state index contributed by atoms with van der Waals surface area (Å²) in [6.07, 6.45) is -0.716. The molecule has 1 unspecified atom stereocenters. The Labute approximate surface area is 76.3 Å². The van der Waals surface area contributed by atoms with E-state index >= 15 is 0 Å². The van der Waals surface area contributed by atoms with Crippen LogP contribution < -0.4 is 5.11 Å². The number of aliphatic carboxylic acids is 1. The molecule has 1 N–H and O–H groups in total. The minimum atomic E-state index is -1.30. The Morgan fingerprint density at radius 2 is 2.08 bits per heavy atom. The minimum Gasteiger partial charge on any atom is -0.550 e. The maximum absolute atomic E-state index is 10.8. The molecule has 0 aliphatic heterocycles. The average molecular weight is 189 g/mol. The van der Waals surface area contributed by atoms with E-state index in [1.165, 1.54) is 0 Å². The van der Waals surface area contributed by atoms with Gasteiger partial charge in [-0.2, -0.15) is 0 Å². The Hall–Kier alpha value is -1.10. The second-order valence-corrected chi connectivity index (χ2v) is 2.61. The molecule has 0 aliphatic rings. The van der Waals surface area contributed by atoms with Gasteiger partial charge < -0.3 is 19.7 Å². The van der Waals surface area contributed by atoms with Crippen LogP contribution in [0, 0.1) is 0 Å². The molecular weight excluding hydrogens is 176 g/mol. The first-order valence-corrected chi connectivity index (χ1v) is 4.13. The number of esters is 1. The molecule has 0 amide bonds. The maximum Gasteiger partial charge on any atom is 0.308 e. The molecule has 0 heterocycles. The van der Waals surface area contributed by atoms with E-state index in [0.717, 1.165) is 0 Å². The fraction of sp³-hybridized carbons (Fsp3) is 0.750. The third kappa shape index (κ3) is 7.27. The van der Waals surface area contributed by atoms with Crippen LogP contribution in [-0.2, 0) is 14.3 Å². The van der Waals surface area contributed by atoms with Crippen LogP contribution in [0.3, 0.4) is 0 Å². The third-order valence-electron chi connectivity index (χ3n) is 1.34. The summed E-state index contributed by atoms with van der Waals surface area (Å²) in [6, 6.07) is 0. The van der Waals surface area contributed by atoms with Crippen LogP contribution in [0.4, 0.5) is 0 Å². The lowest BCUT2D eigenvalue weighted by atomic mass is 10.3. The van der Waals surface area contributed by atoms with Crippen molar-refractivity contribution in [2.45, 2.75) is 38.9 Å². The van der Waals surface area contributed by atoms with Gasteiger partial charge in [-0.1, -0.05) is 13.3 Å². The summed E-state index contributed by atoms with van der Waals surface area (Å²) in [5, 5.41) is 18.9. The average Bonchev–Trinajstić information content (AvgIpc) is 2.01. The Bertz CT molecular complexity index is 177. The van der Waals surface area contributed by atoms with Gasteiger partial charge in [0.2, 0.25) is 6.29 Å². The molecule has 0 aromatic rings. The first-order chi connectivity index (χ1) is 6.06. The van der Waals surface area contributed by atoms with Gasteiger partial charge in [0.15, 0.2) is 0 Å². The Morgan fingerprint density at radius 1 is 1.46 bits per heavy atom. The van der Waals surface area contributed by atoms with Gasteiger partial charge >= 0.3 is 5.97 Å². The largest absolute Gasteiger partial charge is 0.550 e. The molecule has 0 radical (unpaired) electrons. The van der Waals surface area contributed by atoms with Crippen molar-refractivity contribution in [2.75, 3.05) is 0 Å². The zero-order valence-electron chi connectivity index (χ0n) is 7.49. The molecule has 13 heavy (non-hydrogen) atoms. The molecule has 0 saturated carbocycles. The zero-order chi connectivity index (χ0) is 10.3. The van der Waals surface area contributed by atoms with E-state index < -0.39 is 18.2 Å².